The molecule has 40 heavy (non-hydrogen) atoms. The summed E-state index contributed by atoms with van der Waals surface area (Å²) in [7, 11) is 0. The highest BCUT2D eigenvalue weighted by molar-refractivity contribution is 7.18. The molecule has 214 valence electrons. The number of rotatable bonds is 10. The highest BCUT2D eigenvalue weighted by Crippen LogP contribution is 2.39. The van der Waals surface area contributed by atoms with Crippen molar-refractivity contribution < 1.29 is 14.2 Å². The molecule has 2 unspecified atom stereocenters. The van der Waals surface area contributed by atoms with Gasteiger partial charge in [-0.2, -0.15) is 0 Å². The number of benzene rings is 1. The highest BCUT2D eigenvalue weighted by Gasteiger charge is 2.44. The summed E-state index contributed by atoms with van der Waals surface area (Å²) >= 11 is 14.1. The summed E-state index contributed by atoms with van der Waals surface area (Å²) < 4.78 is 1.52. The van der Waals surface area contributed by atoms with E-state index >= 15 is 0 Å². The molecule has 0 bridgehead atoms. The smallest absolute Gasteiger partial charge is 0.261 e. The average molecular weight is 605 g/mol. The number of pyridine rings is 1. The molecule has 8 nitrogen and oxygen atoms in total. The number of fused-ring (bicyclic) bond motifs is 1. The van der Waals surface area contributed by atoms with Crippen molar-refractivity contribution in [3.8, 4) is 0 Å². The number of piperidine rings is 1. The summed E-state index contributed by atoms with van der Waals surface area (Å²) in [5.74, 6) is 0.944. The molecule has 1 aromatic carbocycles. The van der Waals surface area contributed by atoms with Crippen LogP contribution in [0.2, 0.25) is 10.0 Å². The predicted molar refractivity (Wildman–Crippen MR) is 162 cm³/mol. The Balaban J connectivity index is 1.13. The lowest BCUT2D eigenvalue weighted by Gasteiger charge is -2.39. The molecule has 5 rings (SSSR count). The number of quaternary nitrogens is 1. The summed E-state index contributed by atoms with van der Waals surface area (Å²) in [4.78, 5) is 36.7. The zero-order valence-corrected chi connectivity index (χ0v) is 25.3. The lowest BCUT2D eigenvalue weighted by atomic mass is 10.0. The molecule has 2 fully saturated rings. The van der Waals surface area contributed by atoms with E-state index in [1.165, 1.54) is 19.3 Å². The minimum absolute atomic E-state index is 0.00903. The fourth-order valence-electron chi connectivity index (χ4n) is 6.07. The molecular formula is C29H37Cl2N6O2S+. The van der Waals surface area contributed by atoms with Crippen LogP contribution in [0.3, 0.4) is 0 Å². The van der Waals surface area contributed by atoms with Gasteiger partial charge in [0.05, 0.1) is 19.8 Å². The number of nitrogens with zero attached hydrogens (tertiary/aromatic N) is 4. The first-order valence-electron chi connectivity index (χ1n) is 14.2. The third kappa shape index (κ3) is 6.87. The quantitative estimate of drug-likeness (QED) is 0.225. The minimum Gasteiger partial charge on any atom is -0.357 e. The minimum atomic E-state index is -0.0654. The van der Waals surface area contributed by atoms with E-state index in [2.05, 4.69) is 27.8 Å². The Bertz CT molecular complexity index is 1360. The average Bonchev–Trinajstić information content (AvgIpc) is 3.55. The van der Waals surface area contributed by atoms with Crippen molar-refractivity contribution in [1.29, 1.82) is 0 Å². The van der Waals surface area contributed by atoms with E-state index in [4.69, 9.17) is 33.2 Å². The Hall–Kier alpha value is -2.46. The van der Waals surface area contributed by atoms with Crippen LogP contribution < -0.4 is 15.6 Å². The van der Waals surface area contributed by atoms with Gasteiger partial charge in [0.2, 0.25) is 5.91 Å². The molecule has 11 heteroatoms. The molecule has 2 amide bonds. The second-order valence-electron chi connectivity index (χ2n) is 10.8. The van der Waals surface area contributed by atoms with Crippen LogP contribution in [0, 0.1) is 0 Å². The third-order valence-corrected chi connectivity index (χ3v) is 9.73. The molecule has 2 atom stereocenters. The van der Waals surface area contributed by atoms with Gasteiger partial charge in [-0.15, -0.1) is 11.3 Å². The van der Waals surface area contributed by atoms with Gasteiger partial charge >= 0.3 is 0 Å². The van der Waals surface area contributed by atoms with Crippen molar-refractivity contribution >= 4 is 62.5 Å². The number of amides is 2. The molecule has 2 aliphatic rings. The van der Waals surface area contributed by atoms with Crippen LogP contribution in [0.5, 0.6) is 0 Å². The van der Waals surface area contributed by atoms with Gasteiger partial charge in [-0.1, -0.05) is 29.3 Å². The molecule has 0 saturated carbocycles. The number of aryl methyl sites for hydroxylation is 1. The Kier molecular flexibility index (Phi) is 9.45. The number of nitrogens with one attached hydrogen (secondary N) is 2. The van der Waals surface area contributed by atoms with Crippen LogP contribution in [0.25, 0.3) is 10.3 Å². The zero-order chi connectivity index (χ0) is 28.1. The molecule has 2 aromatic heterocycles. The number of hydrogen-bond donors (Lipinski definition) is 2. The number of aromatic nitrogens is 2. The van der Waals surface area contributed by atoms with Crippen molar-refractivity contribution in [2.75, 3.05) is 37.6 Å². The molecular weight excluding hydrogens is 567 g/mol. The van der Waals surface area contributed by atoms with Crippen molar-refractivity contribution in [2.45, 2.75) is 64.3 Å². The monoisotopic (exact) mass is 603 g/mol. The number of carbonyl (C=O) groups excluding carboxylic acids is 2. The molecule has 2 aliphatic heterocycles. The number of halogens is 2. The predicted octanol–water partition coefficient (Wildman–Crippen LogP) is 5.83. The Morgan fingerprint density at radius 2 is 1.90 bits per heavy atom. The maximum Gasteiger partial charge on any atom is 0.261 e. The Labute approximate surface area is 249 Å². The van der Waals surface area contributed by atoms with Crippen LogP contribution in [-0.2, 0) is 16.0 Å². The van der Waals surface area contributed by atoms with E-state index in [0.717, 1.165) is 65.6 Å². The standard InChI is InChI=1S/C29H36Cl2N6O2S/c1-20(38)35-37(17-5-7-24(37)21-8-9-22(30)23(31)19-21)18-6-14-32-27(39)12-13-28-34-29-25(40-28)10-11-26(33-29)36-15-3-2-4-16-36/h8-11,19,24H,2-7,12-18H2,1H3,(H-,32,35,38,39)/p+1. The molecule has 0 radical (unpaired) electrons. The summed E-state index contributed by atoms with van der Waals surface area (Å²) in [6.45, 7) is 5.76. The topological polar surface area (TPSA) is 87.2 Å². The van der Waals surface area contributed by atoms with E-state index in [1.807, 2.05) is 18.2 Å². The second kappa shape index (κ2) is 13.0. The number of hydrogen-bond acceptors (Lipinski definition) is 6. The van der Waals surface area contributed by atoms with Crippen LogP contribution in [0.15, 0.2) is 30.3 Å². The molecule has 0 aliphatic carbocycles. The first-order chi connectivity index (χ1) is 19.3. The fraction of sp³-hybridized carbons (Fsp3) is 0.517. The van der Waals surface area contributed by atoms with Crippen LogP contribution >= 0.6 is 34.5 Å². The summed E-state index contributed by atoms with van der Waals surface area (Å²) in [5.41, 5.74) is 5.05. The van der Waals surface area contributed by atoms with Crippen molar-refractivity contribution in [3.63, 3.8) is 0 Å². The van der Waals surface area contributed by atoms with E-state index in [9.17, 15) is 9.59 Å². The Morgan fingerprint density at radius 3 is 2.67 bits per heavy atom. The third-order valence-electron chi connectivity index (χ3n) is 7.92. The SMILES string of the molecule is CC(=O)N[N+]1(CCCNC(=O)CCc2nc3nc(N4CCCCC4)ccc3s2)CCCC1c1ccc(Cl)c(Cl)c1. The normalized spacial score (nSPS) is 21.1. The van der Waals surface area contributed by atoms with Gasteiger partial charge in [-0.3, -0.25) is 9.59 Å². The van der Waals surface area contributed by atoms with Crippen LogP contribution in [-0.4, -0.2) is 59.1 Å². The first kappa shape index (κ1) is 29.0. The van der Waals surface area contributed by atoms with Crippen molar-refractivity contribution in [3.05, 3.63) is 50.9 Å². The lowest BCUT2D eigenvalue weighted by molar-refractivity contribution is -0.977. The first-order valence-corrected chi connectivity index (χ1v) is 15.8. The summed E-state index contributed by atoms with van der Waals surface area (Å²) in [6.07, 6.45) is 7.37. The highest BCUT2D eigenvalue weighted by atomic mass is 35.5. The van der Waals surface area contributed by atoms with E-state index in [1.54, 1.807) is 18.3 Å². The lowest BCUT2D eigenvalue weighted by Crippen LogP contribution is -2.59. The fourth-order valence-corrected chi connectivity index (χ4v) is 7.28. The van der Waals surface area contributed by atoms with Gasteiger partial charge in [0.1, 0.15) is 24.9 Å². The van der Waals surface area contributed by atoms with Gasteiger partial charge < -0.3 is 10.2 Å². The number of carbonyl (C=O) groups is 2. The molecule has 2 saturated heterocycles. The van der Waals surface area contributed by atoms with Gasteiger partial charge in [-0.05, 0) is 43.5 Å². The van der Waals surface area contributed by atoms with Gasteiger partial charge in [-0.25, -0.2) is 20.0 Å². The van der Waals surface area contributed by atoms with Gasteiger partial charge in [0.15, 0.2) is 5.65 Å². The number of likely N-dealkylation sites (tertiary alicyclic amines) is 1. The summed E-state index contributed by atoms with van der Waals surface area (Å²) in [6, 6.07) is 10.00. The molecule has 2 N–H and O–H groups in total. The van der Waals surface area contributed by atoms with E-state index in [-0.39, 0.29) is 17.9 Å². The molecule has 0 spiro atoms. The number of anilines is 1. The molecule has 3 aromatic rings. The second-order valence-corrected chi connectivity index (χ2v) is 12.8. The van der Waals surface area contributed by atoms with E-state index in [0.29, 0.717) is 40.6 Å². The van der Waals surface area contributed by atoms with Crippen LogP contribution in [0.1, 0.15) is 68.5 Å². The largest absolute Gasteiger partial charge is 0.357 e. The van der Waals surface area contributed by atoms with Crippen molar-refractivity contribution in [1.82, 2.24) is 20.7 Å². The molecule has 4 heterocycles. The number of thiazole rings is 1. The van der Waals surface area contributed by atoms with E-state index < -0.39 is 0 Å². The van der Waals surface area contributed by atoms with Crippen molar-refractivity contribution in [2.24, 2.45) is 0 Å². The van der Waals surface area contributed by atoms with Gasteiger partial charge in [0.25, 0.3) is 5.91 Å². The Morgan fingerprint density at radius 1 is 1.07 bits per heavy atom. The maximum absolute atomic E-state index is 12.6. The van der Waals surface area contributed by atoms with Gasteiger partial charge in [0, 0.05) is 64.2 Å². The maximum atomic E-state index is 12.6. The van der Waals surface area contributed by atoms with Crippen LogP contribution in [0.4, 0.5) is 5.82 Å². The zero-order valence-electron chi connectivity index (χ0n) is 22.9. The summed E-state index contributed by atoms with van der Waals surface area (Å²) in [5, 5.41) is 5.03.